The van der Waals surface area contributed by atoms with Crippen LogP contribution in [0.4, 0.5) is 0 Å². The van der Waals surface area contributed by atoms with Gasteiger partial charge >= 0.3 is 0 Å². The first kappa shape index (κ1) is 15.2. The van der Waals surface area contributed by atoms with Crippen molar-refractivity contribution < 1.29 is 4.74 Å². The van der Waals surface area contributed by atoms with Crippen molar-refractivity contribution in [3.8, 4) is 5.75 Å². The highest BCUT2D eigenvalue weighted by atomic mass is 16.5. The van der Waals surface area contributed by atoms with E-state index < -0.39 is 0 Å². The SMILES string of the molecule is CCCCCOc1cnc(C(C)C)nc1CNC1CC1. The van der Waals surface area contributed by atoms with E-state index in [4.69, 9.17) is 4.74 Å². The average Bonchev–Trinajstić information content (AvgIpc) is 3.26. The Morgan fingerprint density at radius 3 is 2.80 bits per heavy atom. The van der Waals surface area contributed by atoms with Gasteiger partial charge in [0.1, 0.15) is 5.82 Å². The van der Waals surface area contributed by atoms with Crippen molar-refractivity contribution >= 4 is 0 Å². The second-order valence-electron chi connectivity index (χ2n) is 5.90. The van der Waals surface area contributed by atoms with Gasteiger partial charge in [0, 0.05) is 18.5 Å². The monoisotopic (exact) mass is 277 g/mol. The van der Waals surface area contributed by atoms with Gasteiger partial charge in [-0.3, -0.25) is 0 Å². The lowest BCUT2D eigenvalue weighted by Crippen LogP contribution is -2.18. The van der Waals surface area contributed by atoms with Crippen LogP contribution >= 0.6 is 0 Å². The average molecular weight is 277 g/mol. The highest BCUT2D eigenvalue weighted by molar-refractivity contribution is 5.25. The summed E-state index contributed by atoms with van der Waals surface area (Å²) in [7, 11) is 0. The molecule has 1 N–H and O–H groups in total. The molecule has 0 atom stereocenters. The van der Waals surface area contributed by atoms with E-state index in [1.165, 1.54) is 25.7 Å². The molecular weight excluding hydrogens is 250 g/mol. The lowest BCUT2D eigenvalue weighted by Gasteiger charge is -2.13. The number of hydrogen-bond donors (Lipinski definition) is 1. The quantitative estimate of drug-likeness (QED) is 0.703. The number of nitrogens with one attached hydrogen (secondary N) is 1. The van der Waals surface area contributed by atoms with Gasteiger partial charge in [-0.05, 0) is 19.3 Å². The molecule has 20 heavy (non-hydrogen) atoms. The zero-order chi connectivity index (χ0) is 14.4. The molecule has 1 aliphatic rings. The van der Waals surface area contributed by atoms with Crippen LogP contribution in [0.5, 0.6) is 5.75 Å². The molecule has 0 saturated heterocycles. The number of rotatable bonds is 9. The van der Waals surface area contributed by atoms with Crippen LogP contribution in [0.25, 0.3) is 0 Å². The standard InChI is InChI=1S/C16H27N3O/c1-4-5-6-9-20-15-11-18-16(12(2)3)19-14(15)10-17-13-7-8-13/h11-13,17H,4-10H2,1-3H3. The van der Waals surface area contributed by atoms with Crippen LogP contribution in [0.1, 0.15) is 70.3 Å². The molecule has 1 fully saturated rings. The predicted molar refractivity (Wildman–Crippen MR) is 81.0 cm³/mol. The number of nitrogens with zero attached hydrogens (tertiary/aromatic N) is 2. The summed E-state index contributed by atoms with van der Waals surface area (Å²) in [5.74, 6) is 2.10. The van der Waals surface area contributed by atoms with Crippen molar-refractivity contribution in [2.24, 2.45) is 0 Å². The first-order valence-electron chi connectivity index (χ1n) is 7.92. The van der Waals surface area contributed by atoms with Crippen LogP contribution in [-0.4, -0.2) is 22.6 Å². The lowest BCUT2D eigenvalue weighted by molar-refractivity contribution is 0.298. The Hall–Kier alpha value is -1.16. The minimum Gasteiger partial charge on any atom is -0.490 e. The summed E-state index contributed by atoms with van der Waals surface area (Å²) in [4.78, 5) is 9.09. The summed E-state index contributed by atoms with van der Waals surface area (Å²) < 4.78 is 5.86. The number of hydrogen-bond acceptors (Lipinski definition) is 4. The van der Waals surface area contributed by atoms with Crippen LogP contribution in [0, 0.1) is 0 Å². The fraction of sp³-hybridized carbons (Fsp3) is 0.750. The minimum atomic E-state index is 0.351. The third-order valence-corrected chi connectivity index (χ3v) is 3.51. The molecule has 0 aromatic carbocycles. The van der Waals surface area contributed by atoms with Gasteiger partial charge in [0.05, 0.1) is 18.5 Å². The molecule has 112 valence electrons. The molecule has 0 bridgehead atoms. The molecule has 1 aliphatic carbocycles. The topological polar surface area (TPSA) is 47.0 Å². The lowest BCUT2D eigenvalue weighted by atomic mass is 10.2. The van der Waals surface area contributed by atoms with E-state index in [9.17, 15) is 0 Å². The molecule has 0 unspecified atom stereocenters. The highest BCUT2D eigenvalue weighted by Crippen LogP contribution is 2.22. The molecule has 0 amide bonds. The van der Waals surface area contributed by atoms with Gasteiger partial charge < -0.3 is 10.1 Å². The second-order valence-corrected chi connectivity index (χ2v) is 5.90. The minimum absolute atomic E-state index is 0.351. The van der Waals surface area contributed by atoms with Gasteiger partial charge in [-0.15, -0.1) is 0 Å². The van der Waals surface area contributed by atoms with Crippen molar-refractivity contribution in [3.05, 3.63) is 17.7 Å². The van der Waals surface area contributed by atoms with Crippen molar-refractivity contribution in [1.82, 2.24) is 15.3 Å². The molecule has 1 aromatic heterocycles. The molecule has 1 aromatic rings. The van der Waals surface area contributed by atoms with Crippen molar-refractivity contribution in [2.45, 2.75) is 71.4 Å². The Kier molecular flexibility index (Phi) is 5.77. The summed E-state index contributed by atoms with van der Waals surface area (Å²) in [5.41, 5.74) is 1.01. The van der Waals surface area contributed by atoms with Gasteiger partial charge in [0.25, 0.3) is 0 Å². The second kappa shape index (κ2) is 7.58. The summed E-state index contributed by atoms with van der Waals surface area (Å²) in [5, 5.41) is 3.51. The van der Waals surface area contributed by atoms with E-state index in [1.807, 2.05) is 6.20 Å². The third kappa shape index (κ3) is 4.75. The van der Waals surface area contributed by atoms with E-state index in [1.54, 1.807) is 0 Å². The summed E-state index contributed by atoms with van der Waals surface area (Å²) in [6.45, 7) is 7.99. The van der Waals surface area contributed by atoms with Crippen LogP contribution in [-0.2, 0) is 6.54 Å². The number of unbranched alkanes of at least 4 members (excludes halogenated alkanes) is 2. The van der Waals surface area contributed by atoms with E-state index >= 15 is 0 Å². The fourth-order valence-electron chi connectivity index (χ4n) is 2.01. The highest BCUT2D eigenvalue weighted by Gasteiger charge is 2.21. The molecule has 1 heterocycles. The van der Waals surface area contributed by atoms with E-state index in [0.29, 0.717) is 12.0 Å². The zero-order valence-electron chi connectivity index (χ0n) is 13.0. The first-order valence-corrected chi connectivity index (χ1v) is 7.92. The largest absolute Gasteiger partial charge is 0.490 e. The molecule has 0 aliphatic heterocycles. The van der Waals surface area contributed by atoms with Crippen LogP contribution in [0.2, 0.25) is 0 Å². The Balaban J connectivity index is 1.98. The van der Waals surface area contributed by atoms with Crippen molar-refractivity contribution in [1.29, 1.82) is 0 Å². The Bertz CT molecular complexity index is 416. The normalized spacial score (nSPS) is 14.8. The zero-order valence-corrected chi connectivity index (χ0v) is 13.0. The molecule has 1 saturated carbocycles. The van der Waals surface area contributed by atoms with Crippen molar-refractivity contribution in [2.75, 3.05) is 6.61 Å². The van der Waals surface area contributed by atoms with Crippen molar-refractivity contribution in [3.63, 3.8) is 0 Å². The van der Waals surface area contributed by atoms with Gasteiger partial charge in [-0.25, -0.2) is 9.97 Å². The summed E-state index contributed by atoms with van der Waals surface area (Å²) in [6.07, 6.45) is 7.93. The molecule has 4 nitrogen and oxygen atoms in total. The van der Waals surface area contributed by atoms with Crippen LogP contribution in [0.3, 0.4) is 0 Å². The van der Waals surface area contributed by atoms with Crippen LogP contribution in [0.15, 0.2) is 6.20 Å². The van der Waals surface area contributed by atoms with E-state index in [0.717, 1.165) is 36.8 Å². The Morgan fingerprint density at radius 2 is 2.15 bits per heavy atom. The fourth-order valence-corrected chi connectivity index (χ4v) is 2.01. The molecule has 0 spiro atoms. The summed E-state index contributed by atoms with van der Waals surface area (Å²) >= 11 is 0. The predicted octanol–water partition coefficient (Wildman–Crippen LogP) is 3.42. The molecular formula is C16H27N3O. The Labute approximate surface area is 122 Å². The third-order valence-electron chi connectivity index (χ3n) is 3.51. The van der Waals surface area contributed by atoms with Gasteiger partial charge in [-0.1, -0.05) is 33.6 Å². The molecule has 0 radical (unpaired) electrons. The van der Waals surface area contributed by atoms with Gasteiger partial charge in [0.2, 0.25) is 0 Å². The maximum atomic E-state index is 5.86. The summed E-state index contributed by atoms with van der Waals surface area (Å²) in [6, 6.07) is 0.681. The van der Waals surface area contributed by atoms with Crippen LogP contribution < -0.4 is 10.1 Å². The maximum absolute atomic E-state index is 5.86. The first-order chi connectivity index (χ1) is 9.70. The Morgan fingerprint density at radius 1 is 1.35 bits per heavy atom. The van der Waals surface area contributed by atoms with Gasteiger partial charge in [-0.2, -0.15) is 0 Å². The smallest absolute Gasteiger partial charge is 0.160 e. The molecule has 4 heteroatoms. The van der Waals surface area contributed by atoms with E-state index in [-0.39, 0.29) is 0 Å². The van der Waals surface area contributed by atoms with Gasteiger partial charge in [0.15, 0.2) is 5.75 Å². The number of ether oxygens (including phenoxy) is 1. The molecule has 2 rings (SSSR count). The number of aromatic nitrogens is 2. The maximum Gasteiger partial charge on any atom is 0.160 e. The van der Waals surface area contributed by atoms with E-state index in [2.05, 4.69) is 36.1 Å².